The Hall–Kier alpha value is -2.63. The summed E-state index contributed by atoms with van der Waals surface area (Å²) in [6, 6.07) is 10.3. The fourth-order valence-corrected chi connectivity index (χ4v) is 1.85. The summed E-state index contributed by atoms with van der Waals surface area (Å²) >= 11 is 0. The molecular weight excluding hydrogens is 270 g/mol. The Kier molecular flexibility index (Phi) is 5.09. The number of hydrogen-bond acceptors (Lipinski definition) is 5. The van der Waals surface area contributed by atoms with Gasteiger partial charge in [0, 0.05) is 24.7 Å². The molecule has 0 saturated heterocycles. The van der Waals surface area contributed by atoms with Gasteiger partial charge in [-0.25, -0.2) is 4.98 Å². The van der Waals surface area contributed by atoms with Gasteiger partial charge in [0.25, 0.3) is 5.69 Å². The summed E-state index contributed by atoms with van der Waals surface area (Å²) in [6.45, 7) is 3.24. The summed E-state index contributed by atoms with van der Waals surface area (Å²) < 4.78 is 5.27. The lowest BCUT2D eigenvalue weighted by molar-refractivity contribution is -0.384. The van der Waals surface area contributed by atoms with E-state index >= 15 is 0 Å². The number of pyridine rings is 1. The third-order valence-electron chi connectivity index (χ3n) is 2.92. The van der Waals surface area contributed by atoms with Crippen LogP contribution in [-0.2, 0) is 6.42 Å². The number of hydrogen-bond donors (Lipinski definition) is 1. The second kappa shape index (κ2) is 7.23. The van der Waals surface area contributed by atoms with Gasteiger partial charge in [-0.15, -0.1) is 0 Å². The summed E-state index contributed by atoms with van der Waals surface area (Å²) in [5.41, 5.74) is 2.08. The lowest BCUT2D eigenvalue weighted by Gasteiger charge is -2.07. The third-order valence-corrected chi connectivity index (χ3v) is 2.92. The lowest BCUT2D eigenvalue weighted by Crippen LogP contribution is -2.05. The fraction of sp³-hybridized carbons (Fsp3) is 0.267. The first-order valence-corrected chi connectivity index (χ1v) is 6.75. The van der Waals surface area contributed by atoms with E-state index in [0.717, 1.165) is 24.2 Å². The zero-order chi connectivity index (χ0) is 15.1. The average Bonchev–Trinajstić information content (AvgIpc) is 2.50. The first kappa shape index (κ1) is 14.8. The number of rotatable bonds is 7. The molecule has 2 rings (SSSR count). The molecule has 0 atom stereocenters. The quantitative estimate of drug-likeness (QED) is 0.625. The molecule has 1 aromatic heterocycles. The van der Waals surface area contributed by atoms with Gasteiger partial charge in [-0.2, -0.15) is 0 Å². The standard InChI is InChI=1S/C15H17N3O3/c1-2-21-15-8-5-13(11-17-15)16-10-9-12-3-6-14(7-4-12)18(19)20/h3-8,11,16H,2,9-10H2,1H3. The van der Waals surface area contributed by atoms with Gasteiger partial charge in [0.1, 0.15) is 0 Å². The van der Waals surface area contributed by atoms with Crippen LogP contribution in [0.3, 0.4) is 0 Å². The number of nitrogens with zero attached hydrogens (tertiary/aromatic N) is 2. The molecule has 0 spiro atoms. The molecule has 0 aliphatic rings. The second-order valence-corrected chi connectivity index (χ2v) is 4.42. The molecule has 2 aromatic rings. The number of nitrogens with one attached hydrogen (secondary N) is 1. The molecule has 0 fully saturated rings. The van der Waals surface area contributed by atoms with Crippen LogP contribution in [0.25, 0.3) is 0 Å². The predicted molar refractivity (Wildman–Crippen MR) is 80.7 cm³/mol. The van der Waals surface area contributed by atoms with E-state index in [1.165, 1.54) is 12.1 Å². The Bertz CT molecular complexity index is 582. The van der Waals surface area contributed by atoms with Crippen molar-refractivity contribution in [3.63, 3.8) is 0 Å². The third kappa shape index (κ3) is 4.45. The van der Waals surface area contributed by atoms with Gasteiger partial charge in [0.15, 0.2) is 0 Å². The molecule has 6 heteroatoms. The highest BCUT2D eigenvalue weighted by Crippen LogP contribution is 2.14. The molecule has 0 radical (unpaired) electrons. The predicted octanol–water partition coefficient (Wildman–Crippen LogP) is 3.04. The Morgan fingerprint density at radius 1 is 1.24 bits per heavy atom. The van der Waals surface area contributed by atoms with E-state index in [0.29, 0.717) is 12.5 Å². The Balaban J connectivity index is 1.82. The largest absolute Gasteiger partial charge is 0.478 e. The van der Waals surface area contributed by atoms with Gasteiger partial charge in [0.2, 0.25) is 5.88 Å². The van der Waals surface area contributed by atoms with Crippen LogP contribution in [0, 0.1) is 10.1 Å². The summed E-state index contributed by atoms with van der Waals surface area (Å²) in [5, 5.41) is 13.8. The maximum Gasteiger partial charge on any atom is 0.269 e. The van der Waals surface area contributed by atoms with Crippen LogP contribution in [0.4, 0.5) is 11.4 Å². The van der Waals surface area contributed by atoms with Crippen LogP contribution in [0.15, 0.2) is 42.6 Å². The van der Waals surface area contributed by atoms with Crippen LogP contribution < -0.4 is 10.1 Å². The number of anilines is 1. The van der Waals surface area contributed by atoms with E-state index < -0.39 is 4.92 Å². The first-order chi connectivity index (χ1) is 10.2. The highest BCUT2D eigenvalue weighted by atomic mass is 16.6. The van der Waals surface area contributed by atoms with Crippen molar-refractivity contribution in [1.82, 2.24) is 4.98 Å². The molecule has 110 valence electrons. The minimum atomic E-state index is -0.395. The molecule has 0 amide bonds. The number of benzene rings is 1. The smallest absolute Gasteiger partial charge is 0.269 e. The molecule has 0 bridgehead atoms. The van der Waals surface area contributed by atoms with Gasteiger partial charge < -0.3 is 10.1 Å². The van der Waals surface area contributed by atoms with E-state index in [2.05, 4.69) is 10.3 Å². The lowest BCUT2D eigenvalue weighted by atomic mass is 10.1. The highest BCUT2D eigenvalue weighted by molar-refractivity contribution is 5.42. The number of nitro benzene ring substituents is 1. The molecule has 1 heterocycles. The minimum Gasteiger partial charge on any atom is -0.478 e. The van der Waals surface area contributed by atoms with Crippen molar-refractivity contribution in [3.05, 3.63) is 58.3 Å². The van der Waals surface area contributed by atoms with E-state index in [-0.39, 0.29) is 5.69 Å². The average molecular weight is 287 g/mol. The van der Waals surface area contributed by atoms with Gasteiger partial charge in [-0.05, 0) is 25.0 Å². The molecule has 1 aromatic carbocycles. The van der Waals surface area contributed by atoms with Crippen molar-refractivity contribution >= 4 is 11.4 Å². The van der Waals surface area contributed by atoms with Crippen LogP contribution in [0.1, 0.15) is 12.5 Å². The van der Waals surface area contributed by atoms with E-state index in [1.807, 2.05) is 19.1 Å². The summed E-state index contributed by atoms with van der Waals surface area (Å²) in [4.78, 5) is 14.3. The van der Waals surface area contributed by atoms with E-state index in [1.54, 1.807) is 18.3 Å². The Morgan fingerprint density at radius 3 is 2.57 bits per heavy atom. The second-order valence-electron chi connectivity index (χ2n) is 4.42. The molecule has 0 unspecified atom stereocenters. The Morgan fingerprint density at radius 2 is 2.00 bits per heavy atom. The maximum absolute atomic E-state index is 10.6. The van der Waals surface area contributed by atoms with Crippen molar-refractivity contribution in [2.75, 3.05) is 18.5 Å². The summed E-state index contributed by atoms with van der Waals surface area (Å²) in [5.74, 6) is 0.610. The number of ether oxygens (including phenoxy) is 1. The number of non-ortho nitro benzene ring substituents is 1. The maximum atomic E-state index is 10.6. The van der Waals surface area contributed by atoms with Gasteiger partial charge >= 0.3 is 0 Å². The van der Waals surface area contributed by atoms with E-state index in [4.69, 9.17) is 4.74 Å². The molecule has 6 nitrogen and oxygen atoms in total. The van der Waals surface area contributed by atoms with Gasteiger partial charge in [0.05, 0.1) is 23.4 Å². The van der Waals surface area contributed by atoms with Crippen molar-refractivity contribution in [2.45, 2.75) is 13.3 Å². The first-order valence-electron chi connectivity index (χ1n) is 6.75. The molecule has 0 saturated carbocycles. The number of nitro groups is 1. The van der Waals surface area contributed by atoms with Crippen molar-refractivity contribution in [3.8, 4) is 5.88 Å². The zero-order valence-corrected chi connectivity index (χ0v) is 11.8. The fourth-order valence-electron chi connectivity index (χ4n) is 1.85. The Labute approximate surface area is 122 Å². The van der Waals surface area contributed by atoms with Gasteiger partial charge in [-0.1, -0.05) is 12.1 Å². The van der Waals surface area contributed by atoms with E-state index in [9.17, 15) is 10.1 Å². The van der Waals surface area contributed by atoms with Crippen LogP contribution in [0.5, 0.6) is 5.88 Å². The van der Waals surface area contributed by atoms with Gasteiger partial charge in [-0.3, -0.25) is 10.1 Å². The summed E-state index contributed by atoms with van der Waals surface area (Å²) in [7, 11) is 0. The molecule has 21 heavy (non-hydrogen) atoms. The SMILES string of the molecule is CCOc1ccc(NCCc2ccc([N+](=O)[O-])cc2)cn1. The number of aromatic nitrogens is 1. The minimum absolute atomic E-state index is 0.113. The van der Waals surface area contributed by atoms with Crippen LogP contribution >= 0.6 is 0 Å². The molecule has 0 aliphatic carbocycles. The zero-order valence-electron chi connectivity index (χ0n) is 11.8. The van der Waals surface area contributed by atoms with Crippen molar-refractivity contribution < 1.29 is 9.66 Å². The monoisotopic (exact) mass is 287 g/mol. The van der Waals surface area contributed by atoms with Crippen molar-refractivity contribution in [2.24, 2.45) is 0 Å². The summed E-state index contributed by atoms with van der Waals surface area (Å²) in [6.07, 6.45) is 2.51. The molecule has 0 aliphatic heterocycles. The van der Waals surface area contributed by atoms with Crippen LogP contribution in [0.2, 0.25) is 0 Å². The normalized spacial score (nSPS) is 10.1. The van der Waals surface area contributed by atoms with Crippen LogP contribution in [-0.4, -0.2) is 23.1 Å². The molecular formula is C15H17N3O3. The molecule has 1 N–H and O–H groups in total. The topological polar surface area (TPSA) is 77.3 Å². The van der Waals surface area contributed by atoms with Crippen molar-refractivity contribution in [1.29, 1.82) is 0 Å². The highest BCUT2D eigenvalue weighted by Gasteiger charge is 2.03.